The molecule has 1 rings (SSSR count). The molecule has 0 aliphatic rings. The van der Waals surface area contributed by atoms with Crippen LogP contribution in [0.1, 0.15) is 12.5 Å². The summed E-state index contributed by atoms with van der Waals surface area (Å²) < 4.78 is 0. The number of hydrogen-bond acceptors (Lipinski definition) is 2. The molecule has 1 aromatic carbocycles. The summed E-state index contributed by atoms with van der Waals surface area (Å²) in [5, 5.41) is 14.4. The van der Waals surface area contributed by atoms with Crippen molar-refractivity contribution >= 4 is 23.3 Å². The van der Waals surface area contributed by atoms with Crippen LogP contribution in [0.2, 0.25) is 5.02 Å². The van der Waals surface area contributed by atoms with Gasteiger partial charge < -0.3 is 15.7 Å². The van der Waals surface area contributed by atoms with Gasteiger partial charge in [0, 0.05) is 0 Å². The van der Waals surface area contributed by atoms with E-state index in [1.807, 2.05) is 13.0 Å². The fourth-order valence-electron chi connectivity index (χ4n) is 1.15. The Morgan fingerprint density at radius 3 is 2.81 bits per heavy atom. The molecule has 1 atom stereocenters. The average Bonchev–Trinajstić information content (AvgIpc) is 2.22. The predicted octanol–water partition coefficient (Wildman–Crippen LogP) is 2.15. The molecule has 0 aliphatic carbocycles. The average molecular weight is 243 g/mol. The maximum atomic E-state index is 11.4. The summed E-state index contributed by atoms with van der Waals surface area (Å²) >= 11 is 5.95. The molecule has 88 valence electrons. The van der Waals surface area contributed by atoms with Gasteiger partial charge in [0.25, 0.3) is 0 Å². The van der Waals surface area contributed by atoms with Gasteiger partial charge in [0.1, 0.15) is 0 Å². The molecule has 3 N–H and O–H groups in total. The maximum absolute atomic E-state index is 11.4. The summed E-state index contributed by atoms with van der Waals surface area (Å²) in [4.78, 5) is 11.4. The number of carbonyl (C=O) groups excluding carboxylic acids is 1. The fourth-order valence-corrected chi connectivity index (χ4v) is 1.43. The van der Waals surface area contributed by atoms with Crippen LogP contribution < -0.4 is 10.6 Å². The summed E-state index contributed by atoms with van der Waals surface area (Å²) in [5.74, 6) is 0. The van der Waals surface area contributed by atoms with Crippen LogP contribution in [0.4, 0.5) is 10.5 Å². The van der Waals surface area contributed by atoms with Crippen molar-refractivity contribution in [2.45, 2.75) is 19.9 Å². The van der Waals surface area contributed by atoms with Gasteiger partial charge in [0.15, 0.2) is 0 Å². The van der Waals surface area contributed by atoms with E-state index < -0.39 is 0 Å². The van der Waals surface area contributed by atoms with E-state index in [4.69, 9.17) is 16.7 Å². The number of halogens is 1. The maximum Gasteiger partial charge on any atom is 0.319 e. The zero-order valence-corrected chi connectivity index (χ0v) is 10.0. The van der Waals surface area contributed by atoms with E-state index in [9.17, 15) is 4.79 Å². The van der Waals surface area contributed by atoms with Crippen molar-refractivity contribution in [3.05, 3.63) is 28.8 Å². The van der Waals surface area contributed by atoms with Crippen LogP contribution in [0.15, 0.2) is 18.2 Å². The van der Waals surface area contributed by atoms with E-state index >= 15 is 0 Å². The van der Waals surface area contributed by atoms with Gasteiger partial charge in [0.2, 0.25) is 0 Å². The summed E-state index contributed by atoms with van der Waals surface area (Å²) in [6.45, 7) is 3.52. The lowest BCUT2D eigenvalue weighted by atomic mass is 10.2. The molecule has 0 aromatic heterocycles. The van der Waals surface area contributed by atoms with E-state index in [1.54, 1.807) is 19.1 Å². The first-order chi connectivity index (χ1) is 7.52. The number of urea groups is 1. The van der Waals surface area contributed by atoms with Crippen molar-refractivity contribution in [2.24, 2.45) is 0 Å². The largest absolute Gasteiger partial charge is 0.394 e. The van der Waals surface area contributed by atoms with E-state index in [0.717, 1.165) is 5.56 Å². The molecule has 5 heteroatoms. The van der Waals surface area contributed by atoms with E-state index in [-0.39, 0.29) is 18.7 Å². The number of amides is 2. The lowest BCUT2D eigenvalue weighted by molar-refractivity contribution is 0.229. The van der Waals surface area contributed by atoms with Crippen molar-refractivity contribution in [1.82, 2.24) is 5.32 Å². The molecule has 16 heavy (non-hydrogen) atoms. The third kappa shape index (κ3) is 3.72. The van der Waals surface area contributed by atoms with Gasteiger partial charge in [-0.25, -0.2) is 4.79 Å². The Hall–Kier alpha value is -1.26. The van der Waals surface area contributed by atoms with Gasteiger partial charge in [-0.2, -0.15) is 0 Å². The molecular formula is C11H15ClN2O2. The molecule has 2 amide bonds. The molecule has 0 unspecified atom stereocenters. The summed E-state index contributed by atoms with van der Waals surface area (Å²) in [5.41, 5.74) is 1.58. The molecular weight excluding hydrogens is 228 g/mol. The minimum atomic E-state index is -0.382. The lowest BCUT2D eigenvalue weighted by Gasteiger charge is -2.12. The molecule has 0 radical (unpaired) electrons. The minimum Gasteiger partial charge on any atom is -0.394 e. The highest BCUT2D eigenvalue weighted by molar-refractivity contribution is 6.33. The van der Waals surface area contributed by atoms with Gasteiger partial charge in [0.05, 0.1) is 23.4 Å². The van der Waals surface area contributed by atoms with Crippen LogP contribution in [-0.2, 0) is 0 Å². The van der Waals surface area contributed by atoms with Gasteiger partial charge in [-0.05, 0) is 31.5 Å². The number of rotatable bonds is 3. The third-order valence-electron chi connectivity index (χ3n) is 2.02. The quantitative estimate of drug-likeness (QED) is 0.761. The smallest absolute Gasteiger partial charge is 0.319 e. The van der Waals surface area contributed by atoms with Gasteiger partial charge in [-0.15, -0.1) is 0 Å². The van der Waals surface area contributed by atoms with Crippen LogP contribution in [0.5, 0.6) is 0 Å². The van der Waals surface area contributed by atoms with Crippen LogP contribution in [-0.4, -0.2) is 23.8 Å². The number of nitrogens with one attached hydrogen (secondary N) is 2. The molecule has 0 saturated carbocycles. The normalized spacial score (nSPS) is 12.0. The Morgan fingerprint density at radius 1 is 1.56 bits per heavy atom. The first kappa shape index (κ1) is 12.8. The van der Waals surface area contributed by atoms with E-state index in [2.05, 4.69) is 10.6 Å². The van der Waals surface area contributed by atoms with Gasteiger partial charge in [-0.3, -0.25) is 0 Å². The van der Waals surface area contributed by atoms with Crippen LogP contribution in [0.25, 0.3) is 0 Å². The number of anilines is 1. The molecule has 1 aromatic rings. The third-order valence-corrected chi connectivity index (χ3v) is 2.34. The zero-order valence-electron chi connectivity index (χ0n) is 9.25. The monoisotopic (exact) mass is 242 g/mol. The topological polar surface area (TPSA) is 61.4 Å². The van der Waals surface area contributed by atoms with Gasteiger partial charge in [-0.1, -0.05) is 17.7 Å². The highest BCUT2D eigenvalue weighted by Crippen LogP contribution is 2.22. The highest BCUT2D eigenvalue weighted by atomic mass is 35.5. The molecule has 0 bridgehead atoms. The Kier molecular flexibility index (Phi) is 4.58. The van der Waals surface area contributed by atoms with Crippen molar-refractivity contribution in [3.8, 4) is 0 Å². The first-order valence-electron chi connectivity index (χ1n) is 4.97. The summed E-state index contributed by atoms with van der Waals surface area (Å²) in [6, 6.07) is 4.70. The molecule has 4 nitrogen and oxygen atoms in total. The SMILES string of the molecule is Cc1ccc(NC(=O)N[C@H](C)CO)c(Cl)c1. The second-order valence-corrected chi connectivity index (χ2v) is 4.07. The number of aliphatic hydroxyl groups is 1. The number of aryl methyl sites for hydroxylation is 1. The predicted molar refractivity (Wildman–Crippen MR) is 64.9 cm³/mol. The second kappa shape index (κ2) is 5.72. The van der Waals surface area contributed by atoms with Crippen molar-refractivity contribution in [1.29, 1.82) is 0 Å². The standard InChI is InChI=1S/C11H15ClN2O2/c1-7-3-4-10(9(12)5-7)14-11(16)13-8(2)6-15/h3-5,8,15H,6H2,1-2H3,(H2,13,14,16)/t8-/m1/s1. The molecule has 0 fully saturated rings. The number of benzene rings is 1. The number of carbonyl (C=O) groups is 1. The second-order valence-electron chi connectivity index (χ2n) is 3.67. The Bertz CT molecular complexity index is 382. The van der Waals surface area contributed by atoms with E-state index in [1.165, 1.54) is 0 Å². The summed E-state index contributed by atoms with van der Waals surface area (Å²) in [6.07, 6.45) is 0. The first-order valence-corrected chi connectivity index (χ1v) is 5.35. The van der Waals surface area contributed by atoms with Crippen LogP contribution in [0.3, 0.4) is 0 Å². The Morgan fingerprint density at radius 2 is 2.25 bits per heavy atom. The minimum absolute atomic E-state index is 0.102. The van der Waals surface area contributed by atoms with Crippen molar-refractivity contribution in [3.63, 3.8) is 0 Å². The Balaban J connectivity index is 2.63. The molecule has 0 aliphatic heterocycles. The zero-order chi connectivity index (χ0) is 12.1. The Labute approximate surface area is 99.6 Å². The lowest BCUT2D eigenvalue weighted by Crippen LogP contribution is -2.38. The highest BCUT2D eigenvalue weighted by Gasteiger charge is 2.08. The molecule has 0 heterocycles. The van der Waals surface area contributed by atoms with Crippen molar-refractivity contribution < 1.29 is 9.90 Å². The van der Waals surface area contributed by atoms with Crippen LogP contribution in [0, 0.1) is 6.92 Å². The number of hydrogen-bond donors (Lipinski definition) is 3. The van der Waals surface area contributed by atoms with Crippen LogP contribution >= 0.6 is 11.6 Å². The van der Waals surface area contributed by atoms with Crippen molar-refractivity contribution in [2.75, 3.05) is 11.9 Å². The van der Waals surface area contributed by atoms with E-state index in [0.29, 0.717) is 10.7 Å². The molecule has 0 spiro atoms. The number of aliphatic hydroxyl groups excluding tert-OH is 1. The van der Waals surface area contributed by atoms with Gasteiger partial charge >= 0.3 is 6.03 Å². The summed E-state index contributed by atoms with van der Waals surface area (Å²) in [7, 11) is 0. The fraction of sp³-hybridized carbons (Fsp3) is 0.364. The molecule has 0 saturated heterocycles.